The van der Waals surface area contributed by atoms with Gasteiger partial charge in [-0.25, -0.2) is 14.1 Å². The Morgan fingerprint density at radius 3 is 2.61 bits per heavy atom. The van der Waals surface area contributed by atoms with Gasteiger partial charge in [0.2, 0.25) is 0 Å². The SMILES string of the molecule is Cc1c(NC(=O)c2cc(C(N)=O)nc3cc(F)ccc23)nnn1Cc1ccc(Br)cc1. The fourth-order valence-electron chi connectivity index (χ4n) is 3.08. The van der Waals surface area contributed by atoms with Crippen LogP contribution >= 0.6 is 15.9 Å². The number of hydrogen-bond acceptors (Lipinski definition) is 5. The Labute approximate surface area is 184 Å². The molecule has 2 amide bonds. The van der Waals surface area contributed by atoms with E-state index >= 15 is 0 Å². The second-order valence-corrected chi connectivity index (χ2v) is 7.76. The van der Waals surface area contributed by atoms with Crippen molar-refractivity contribution in [1.29, 1.82) is 0 Å². The van der Waals surface area contributed by atoms with Crippen molar-refractivity contribution in [2.75, 3.05) is 5.32 Å². The number of carbonyl (C=O) groups is 2. The van der Waals surface area contributed by atoms with E-state index in [1.165, 1.54) is 18.2 Å². The molecular formula is C21H16BrFN6O2. The first-order valence-electron chi connectivity index (χ1n) is 9.18. The average molecular weight is 483 g/mol. The van der Waals surface area contributed by atoms with Gasteiger partial charge in [-0.3, -0.25) is 9.59 Å². The molecule has 4 rings (SSSR count). The van der Waals surface area contributed by atoms with E-state index in [0.29, 0.717) is 17.6 Å². The van der Waals surface area contributed by atoms with Crippen LogP contribution < -0.4 is 11.1 Å². The molecule has 0 aliphatic rings. The van der Waals surface area contributed by atoms with Gasteiger partial charge >= 0.3 is 0 Å². The fourth-order valence-corrected chi connectivity index (χ4v) is 3.34. The summed E-state index contributed by atoms with van der Waals surface area (Å²) in [5.74, 6) is -1.63. The summed E-state index contributed by atoms with van der Waals surface area (Å²) in [4.78, 5) is 28.6. The largest absolute Gasteiger partial charge is 0.364 e. The number of benzene rings is 2. The number of carbonyl (C=O) groups excluding carboxylic acids is 2. The van der Waals surface area contributed by atoms with Gasteiger partial charge in [-0.05, 0) is 42.8 Å². The number of hydrogen-bond donors (Lipinski definition) is 2. The number of amides is 2. The van der Waals surface area contributed by atoms with Gasteiger partial charge in [-0.1, -0.05) is 33.3 Å². The summed E-state index contributed by atoms with van der Waals surface area (Å²) < 4.78 is 16.3. The van der Waals surface area contributed by atoms with E-state index in [2.05, 4.69) is 36.5 Å². The lowest BCUT2D eigenvalue weighted by molar-refractivity contribution is 0.0996. The molecule has 0 saturated carbocycles. The molecule has 10 heteroatoms. The predicted octanol–water partition coefficient (Wildman–Crippen LogP) is 3.44. The number of nitrogens with two attached hydrogens (primary N) is 1. The molecule has 0 aliphatic heterocycles. The number of nitrogens with zero attached hydrogens (tertiary/aromatic N) is 4. The zero-order valence-electron chi connectivity index (χ0n) is 16.3. The highest BCUT2D eigenvalue weighted by Crippen LogP contribution is 2.22. The molecule has 0 radical (unpaired) electrons. The Morgan fingerprint density at radius 1 is 1.16 bits per heavy atom. The van der Waals surface area contributed by atoms with Crippen LogP contribution in [0.15, 0.2) is 53.0 Å². The van der Waals surface area contributed by atoms with E-state index in [1.807, 2.05) is 24.3 Å². The molecule has 31 heavy (non-hydrogen) atoms. The summed E-state index contributed by atoms with van der Waals surface area (Å²) in [5.41, 5.74) is 7.12. The molecule has 0 fully saturated rings. The Bertz CT molecular complexity index is 1320. The van der Waals surface area contributed by atoms with Crippen LogP contribution in [-0.4, -0.2) is 31.8 Å². The minimum atomic E-state index is -0.822. The Morgan fingerprint density at radius 2 is 1.90 bits per heavy atom. The number of aromatic nitrogens is 4. The first-order chi connectivity index (χ1) is 14.8. The molecule has 156 valence electrons. The van der Waals surface area contributed by atoms with Gasteiger partial charge in [0.25, 0.3) is 11.8 Å². The van der Waals surface area contributed by atoms with Crippen molar-refractivity contribution in [3.63, 3.8) is 0 Å². The maximum atomic E-state index is 13.6. The van der Waals surface area contributed by atoms with Crippen LogP contribution in [0.3, 0.4) is 0 Å². The molecule has 2 aromatic carbocycles. The third-order valence-corrected chi connectivity index (χ3v) is 5.26. The van der Waals surface area contributed by atoms with Crippen LogP contribution in [0.25, 0.3) is 10.9 Å². The van der Waals surface area contributed by atoms with Gasteiger partial charge in [0.15, 0.2) is 5.82 Å². The Hall–Kier alpha value is -3.66. The predicted molar refractivity (Wildman–Crippen MR) is 116 cm³/mol. The van der Waals surface area contributed by atoms with Crippen LogP contribution in [0.2, 0.25) is 0 Å². The first kappa shape index (κ1) is 20.6. The molecule has 0 atom stereocenters. The minimum Gasteiger partial charge on any atom is -0.364 e. The summed E-state index contributed by atoms with van der Waals surface area (Å²) >= 11 is 3.40. The van der Waals surface area contributed by atoms with Crippen molar-refractivity contribution >= 4 is 44.5 Å². The van der Waals surface area contributed by atoms with Crippen molar-refractivity contribution in [3.05, 3.63) is 81.3 Å². The fraction of sp³-hybridized carbons (Fsp3) is 0.0952. The van der Waals surface area contributed by atoms with E-state index in [-0.39, 0.29) is 22.6 Å². The number of fused-ring (bicyclic) bond motifs is 1. The van der Waals surface area contributed by atoms with Crippen molar-refractivity contribution in [1.82, 2.24) is 20.0 Å². The van der Waals surface area contributed by atoms with Gasteiger partial charge in [-0.2, -0.15) is 0 Å². The molecule has 3 N–H and O–H groups in total. The molecule has 4 aromatic rings. The minimum absolute atomic E-state index is 0.126. The second-order valence-electron chi connectivity index (χ2n) is 6.84. The van der Waals surface area contributed by atoms with Crippen LogP contribution in [0.1, 0.15) is 32.1 Å². The smallest absolute Gasteiger partial charge is 0.267 e. The normalized spacial score (nSPS) is 10.9. The van der Waals surface area contributed by atoms with E-state index in [1.54, 1.807) is 11.6 Å². The third kappa shape index (κ3) is 4.29. The standard InChI is InChI=1S/C21H16BrFN6O2/c1-11-20(27-28-29(11)10-12-2-4-13(22)5-3-12)26-21(31)16-9-18(19(24)30)25-17-8-14(23)6-7-15(16)17/h2-9H,10H2,1H3,(H2,24,30)(H,26,31). The first-order valence-corrected chi connectivity index (χ1v) is 9.97. The number of anilines is 1. The van der Waals surface area contributed by atoms with Gasteiger partial charge in [0.1, 0.15) is 11.5 Å². The molecule has 0 saturated heterocycles. The van der Waals surface area contributed by atoms with Gasteiger partial charge < -0.3 is 11.1 Å². The quantitative estimate of drug-likeness (QED) is 0.451. The summed E-state index contributed by atoms with van der Waals surface area (Å²) in [6.45, 7) is 2.26. The van der Waals surface area contributed by atoms with Gasteiger partial charge in [-0.15, -0.1) is 5.10 Å². The van der Waals surface area contributed by atoms with Crippen LogP contribution in [0, 0.1) is 12.7 Å². The summed E-state index contributed by atoms with van der Waals surface area (Å²) in [6.07, 6.45) is 0. The highest BCUT2D eigenvalue weighted by Gasteiger charge is 2.19. The number of pyridine rings is 1. The van der Waals surface area contributed by atoms with Crippen molar-refractivity contribution in [2.24, 2.45) is 5.73 Å². The van der Waals surface area contributed by atoms with E-state index in [4.69, 9.17) is 5.73 Å². The maximum Gasteiger partial charge on any atom is 0.267 e. The lowest BCUT2D eigenvalue weighted by Crippen LogP contribution is -2.18. The molecule has 8 nitrogen and oxygen atoms in total. The average Bonchev–Trinajstić information content (AvgIpc) is 3.07. The molecule has 0 bridgehead atoms. The third-order valence-electron chi connectivity index (χ3n) is 4.73. The molecule has 2 aromatic heterocycles. The summed E-state index contributed by atoms with van der Waals surface area (Å²) in [5, 5.41) is 11.2. The van der Waals surface area contributed by atoms with Crippen molar-refractivity contribution in [3.8, 4) is 0 Å². The lowest BCUT2D eigenvalue weighted by Gasteiger charge is -2.09. The zero-order chi connectivity index (χ0) is 22.1. The summed E-state index contributed by atoms with van der Waals surface area (Å²) in [6, 6.07) is 12.8. The van der Waals surface area contributed by atoms with Gasteiger partial charge in [0, 0.05) is 15.9 Å². The second kappa shape index (κ2) is 8.23. The van der Waals surface area contributed by atoms with Crippen molar-refractivity contribution in [2.45, 2.75) is 13.5 Å². The van der Waals surface area contributed by atoms with Crippen LogP contribution in [-0.2, 0) is 6.54 Å². The topological polar surface area (TPSA) is 116 Å². The van der Waals surface area contributed by atoms with Gasteiger partial charge in [0.05, 0.1) is 23.3 Å². The van der Waals surface area contributed by atoms with Crippen LogP contribution in [0.4, 0.5) is 10.2 Å². The van der Waals surface area contributed by atoms with E-state index < -0.39 is 17.6 Å². The number of primary amides is 1. The van der Waals surface area contributed by atoms with E-state index in [9.17, 15) is 14.0 Å². The number of nitrogens with one attached hydrogen (secondary N) is 1. The van der Waals surface area contributed by atoms with Crippen LogP contribution in [0.5, 0.6) is 0 Å². The van der Waals surface area contributed by atoms with Crippen molar-refractivity contribution < 1.29 is 14.0 Å². The monoisotopic (exact) mass is 482 g/mol. The maximum absolute atomic E-state index is 13.6. The number of rotatable bonds is 5. The van der Waals surface area contributed by atoms with E-state index in [0.717, 1.165) is 16.1 Å². The number of halogens is 2. The highest BCUT2D eigenvalue weighted by atomic mass is 79.9. The Balaban J connectivity index is 1.64. The Kier molecular flexibility index (Phi) is 5.47. The molecule has 0 aliphatic carbocycles. The summed E-state index contributed by atoms with van der Waals surface area (Å²) in [7, 11) is 0. The molecular weight excluding hydrogens is 467 g/mol. The lowest BCUT2D eigenvalue weighted by atomic mass is 10.1. The molecule has 2 heterocycles. The molecule has 0 spiro atoms. The highest BCUT2D eigenvalue weighted by molar-refractivity contribution is 9.10. The zero-order valence-corrected chi connectivity index (χ0v) is 17.9. The molecule has 0 unspecified atom stereocenters.